The maximum Gasteiger partial charge on any atom is 0.350 e. The third-order valence-electron chi connectivity index (χ3n) is 11.4. The van der Waals surface area contributed by atoms with Crippen molar-refractivity contribution >= 4 is 88.4 Å². The van der Waals surface area contributed by atoms with Gasteiger partial charge in [0.15, 0.2) is 0 Å². The first-order chi connectivity index (χ1) is 36.6. The molecule has 1 aliphatic rings. The molecule has 0 radical (unpaired) electrons. The number of urea groups is 2. The summed E-state index contributed by atoms with van der Waals surface area (Å²) in [6.07, 6.45) is -2.08. The van der Waals surface area contributed by atoms with E-state index in [0.29, 0.717) is 41.9 Å². The van der Waals surface area contributed by atoms with Gasteiger partial charge in [0, 0.05) is 61.5 Å². The number of amides is 7. The smallest absolute Gasteiger partial charge is 0.350 e. The van der Waals surface area contributed by atoms with Crippen molar-refractivity contribution in [1.82, 2.24) is 21.3 Å². The number of benzene rings is 3. The molecule has 0 saturated carbocycles. The van der Waals surface area contributed by atoms with Crippen LogP contribution in [0.2, 0.25) is 0 Å². The molecule has 0 fully saturated rings. The molecule has 5 atom stereocenters. The Bertz CT molecular complexity index is 2690. The summed E-state index contributed by atoms with van der Waals surface area (Å²) in [7, 11) is 0. The van der Waals surface area contributed by atoms with E-state index >= 15 is 0 Å². The Hall–Kier alpha value is -9.37. The largest absolute Gasteiger partial charge is 0.481 e. The van der Waals surface area contributed by atoms with E-state index in [4.69, 9.17) is 10.2 Å². The van der Waals surface area contributed by atoms with Crippen LogP contribution in [-0.4, -0.2) is 145 Å². The van der Waals surface area contributed by atoms with Crippen molar-refractivity contribution in [3.05, 3.63) is 89.5 Å². The fourth-order valence-electron chi connectivity index (χ4n) is 7.36. The van der Waals surface area contributed by atoms with E-state index in [1.54, 1.807) is 29.3 Å². The predicted octanol–water partition coefficient (Wildman–Crippen LogP) is 3.64. The summed E-state index contributed by atoms with van der Waals surface area (Å²) in [6, 6.07) is 9.97. The number of carbonyl (C=O) groups is 11. The van der Waals surface area contributed by atoms with Crippen LogP contribution in [0.4, 0.5) is 31.0 Å². The number of aliphatic carboxylic acids is 6. The van der Waals surface area contributed by atoms with Crippen LogP contribution in [0.5, 0.6) is 0 Å². The number of hydrogen-bond donors (Lipinski definition) is 12. The van der Waals surface area contributed by atoms with Crippen LogP contribution in [0, 0.1) is 0 Å². The van der Waals surface area contributed by atoms with Crippen molar-refractivity contribution in [2.24, 2.45) is 15.3 Å². The lowest BCUT2D eigenvalue weighted by atomic mass is 10.0. The lowest BCUT2D eigenvalue weighted by Crippen LogP contribution is -2.51. The van der Waals surface area contributed by atoms with Gasteiger partial charge in [-0.15, -0.1) is 0 Å². The lowest BCUT2D eigenvalue weighted by molar-refractivity contribution is -0.142. The van der Waals surface area contributed by atoms with E-state index in [2.05, 4.69) is 36.6 Å². The van der Waals surface area contributed by atoms with Crippen molar-refractivity contribution in [2.45, 2.75) is 107 Å². The summed E-state index contributed by atoms with van der Waals surface area (Å²) >= 11 is 0. The van der Waals surface area contributed by atoms with Crippen molar-refractivity contribution in [3.63, 3.8) is 0 Å². The standard InChI is InChI=1S/C49H57FN10O17/c50-23-1-2-33-26-60(59-58-33)34-15-7-29(8-16-34)43(67)53-32(13-19-39(61)51-30-9-3-27(4-10-30)24-37(46(72)73)56-48(76)54-35(44(68)69)17-21-41(63)64)14-20-40(62)52-31-11-5-28(6-12-31)25-38(47(74)75)57-49(77)55-36(45(70)71)18-22-42(65)66/h3-12,15-16,32-33,35-37H,1-2,13-14,17-26H2,(H,51,61)(H,52,62)(H,53,67)(H,55,77)(H,63,64)(H,65,66)(H,68,69)(H,70,71)(H,72,73)(H,74,75)(H2,54,56,76). The van der Waals surface area contributed by atoms with Gasteiger partial charge in [-0.1, -0.05) is 29.5 Å². The quantitative estimate of drug-likeness (QED) is 0.0409. The van der Waals surface area contributed by atoms with Crippen molar-refractivity contribution in [3.8, 4) is 0 Å². The zero-order valence-electron chi connectivity index (χ0n) is 41.1. The molecule has 0 bridgehead atoms. The first kappa shape index (κ1) is 60.2. The summed E-state index contributed by atoms with van der Waals surface area (Å²) < 4.78 is 12.7. The Morgan fingerprint density at radius 1 is 0.610 bits per heavy atom. The van der Waals surface area contributed by atoms with Crippen molar-refractivity contribution in [2.75, 3.05) is 28.9 Å². The normalized spacial score (nSPS) is 14.4. The van der Waals surface area contributed by atoms with Gasteiger partial charge in [0.25, 0.3) is 5.91 Å². The molecular formula is C49H57FN10O17. The van der Waals surface area contributed by atoms with Gasteiger partial charge in [0.1, 0.15) is 23.8 Å². The maximum atomic E-state index is 13.6. The first-order valence-electron chi connectivity index (χ1n) is 23.8. The number of carboxylic acid groups (broad SMARTS) is 6. The molecule has 12 N–H and O–H groups in total. The molecule has 27 nitrogen and oxygen atoms in total. The Kier molecular flexibility index (Phi) is 23.5. The van der Waals surface area contributed by atoms with Gasteiger partial charge < -0.3 is 62.5 Å². The maximum absolute atomic E-state index is 13.6. The second-order valence-corrected chi connectivity index (χ2v) is 17.4. The van der Waals surface area contributed by atoms with Crippen LogP contribution in [0.25, 0.3) is 0 Å². The van der Waals surface area contributed by atoms with Gasteiger partial charge in [-0.05, 0) is 98.2 Å². The fourth-order valence-corrected chi connectivity index (χ4v) is 7.36. The number of carbonyl (C=O) groups excluding carboxylic acids is 5. The van der Waals surface area contributed by atoms with Crippen LogP contribution in [-0.2, 0) is 51.2 Å². The summed E-state index contributed by atoms with van der Waals surface area (Å²) in [5.41, 5.74) is 1.53. The monoisotopic (exact) mass is 1080 g/mol. The van der Waals surface area contributed by atoms with Gasteiger partial charge in [0.05, 0.1) is 24.9 Å². The molecule has 7 amide bonds. The Balaban J connectivity index is 1.39. The number of carboxylic acids is 6. The minimum Gasteiger partial charge on any atom is -0.481 e. The van der Waals surface area contributed by atoms with Gasteiger partial charge in [0.2, 0.25) is 11.8 Å². The second-order valence-electron chi connectivity index (χ2n) is 17.4. The zero-order chi connectivity index (χ0) is 56.6. The first-order valence-corrected chi connectivity index (χ1v) is 23.8. The highest BCUT2D eigenvalue weighted by Crippen LogP contribution is 2.23. The summed E-state index contributed by atoms with van der Waals surface area (Å²) in [6.45, 7) is -0.0334. The third-order valence-corrected chi connectivity index (χ3v) is 11.4. The second kappa shape index (κ2) is 30.1. The molecule has 1 heterocycles. The molecule has 28 heteroatoms. The highest BCUT2D eigenvalue weighted by Gasteiger charge is 2.27. The van der Waals surface area contributed by atoms with Gasteiger partial charge in [-0.2, -0.15) is 10.1 Å². The van der Waals surface area contributed by atoms with Gasteiger partial charge in [-0.25, -0.2) is 33.8 Å². The molecule has 4 rings (SSSR count). The molecular weight excluding hydrogens is 1020 g/mol. The SMILES string of the molecule is O=C(O)CCC(NC(=O)N=C(Cc1ccc(NC(=O)CCC(CCC(=O)Nc2ccc(CC(NC(=O)NC(CCC(=O)O)C(=O)O)C(=O)O)cc2)NC(=O)c2ccc(N3CC(CCCF)N=N3)cc2)cc1)C(=O)O)C(=O)O. The Morgan fingerprint density at radius 3 is 1.61 bits per heavy atom. The number of hydrogen-bond acceptors (Lipinski definition) is 14. The van der Waals surface area contributed by atoms with Crippen molar-refractivity contribution in [1.29, 1.82) is 0 Å². The summed E-state index contributed by atoms with van der Waals surface area (Å²) in [5, 5.41) is 80.0. The molecule has 3 aromatic rings. The number of rotatable bonds is 31. The molecule has 412 valence electrons. The summed E-state index contributed by atoms with van der Waals surface area (Å²) in [4.78, 5) is 137. The van der Waals surface area contributed by atoms with Gasteiger partial charge >= 0.3 is 47.9 Å². The van der Waals surface area contributed by atoms with Crippen molar-refractivity contribution < 1.29 is 87.8 Å². The van der Waals surface area contributed by atoms with Gasteiger partial charge in [-0.3, -0.25) is 28.4 Å². The molecule has 5 unspecified atom stereocenters. The summed E-state index contributed by atoms with van der Waals surface area (Å²) in [5.74, 6) is -10.2. The van der Waals surface area contributed by atoms with Crippen LogP contribution >= 0.6 is 0 Å². The Morgan fingerprint density at radius 2 is 1.12 bits per heavy atom. The van der Waals surface area contributed by atoms with Crippen LogP contribution in [0.3, 0.4) is 0 Å². The molecule has 0 spiro atoms. The van der Waals surface area contributed by atoms with E-state index < -0.39 is 134 Å². The topological polar surface area (TPSA) is 422 Å². The molecule has 3 aromatic carbocycles. The molecule has 77 heavy (non-hydrogen) atoms. The van der Waals surface area contributed by atoms with E-state index in [-0.39, 0.29) is 49.4 Å². The lowest BCUT2D eigenvalue weighted by Gasteiger charge is -2.19. The third kappa shape index (κ3) is 21.6. The zero-order valence-corrected chi connectivity index (χ0v) is 41.1. The Labute approximate surface area is 437 Å². The highest BCUT2D eigenvalue weighted by molar-refractivity contribution is 6.37. The molecule has 0 aromatic heterocycles. The number of nitrogens with one attached hydrogen (secondary N) is 6. The van der Waals surface area contributed by atoms with Crippen LogP contribution < -0.4 is 36.9 Å². The van der Waals surface area contributed by atoms with E-state index in [1.807, 2.05) is 10.6 Å². The molecule has 1 aliphatic heterocycles. The van der Waals surface area contributed by atoms with Crippen LogP contribution in [0.1, 0.15) is 85.7 Å². The molecule has 0 aliphatic carbocycles. The van der Waals surface area contributed by atoms with E-state index in [9.17, 15) is 77.6 Å². The average molecular weight is 1080 g/mol. The van der Waals surface area contributed by atoms with E-state index in [0.717, 1.165) is 0 Å². The minimum absolute atomic E-state index is 0.0415. The number of alkyl halides is 1. The number of aliphatic imine (C=N–C) groups is 1. The number of halogens is 1. The number of nitrogens with zero attached hydrogens (tertiary/aromatic N) is 4. The minimum atomic E-state index is -1.64. The highest BCUT2D eigenvalue weighted by atomic mass is 19.1. The predicted molar refractivity (Wildman–Crippen MR) is 268 cm³/mol. The van der Waals surface area contributed by atoms with E-state index in [1.165, 1.54) is 48.5 Å². The number of anilines is 3. The molecule has 0 saturated heterocycles. The fraction of sp³-hybridized carbons (Fsp3) is 0.388. The average Bonchev–Trinajstić information content (AvgIpc) is 3.86. The van der Waals surface area contributed by atoms with Crippen LogP contribution in [0.15, 0.2) is 88.1 Å².